The molecule has 0 N–H and O–H groups in total. The zero-order valence-corrected chi connectivity index (χ0v) is 17.8. The molecule has 0 atom stereocenters. The van der Waals surface area contributed by atoms with Gasteiger partial charge in [-0.1, -0.05) is 67.1 Å². The van der Waals surface area contributed by atoms with Crippen molar-refractivity contribution >= 4 is 28.4 Å². The number of hydrogen-bond acceptors (Lipinski definition) is 3. The fourth-order valence-electron chi connectivity index (χ4n) is 3.42. The SMILES string of the molecule is CCN(C)COc1c(-c2ccccc2)n(C(=O)c2ccccc2)c2ccc(Cl)cc12. The van der Waals surface area contributed by atoms with Crippen LogP contribution in [0.15, 0.2) is 78.9 Å². The number of benzene rings is 3. The van der Waals surface area contributed by atoms with Gasteiger partial charge in [0, 0.05) is 21.5 Å². The summed E-state index contributed by atoms with van der Waals surface area (Å²) in [5.41, 5.74) is 3.01. The molecule has 0 aliphatic rings. The lowest BCUT2D eigenvalue weighted by Crippen LogP contribution is -2.23. The van der Waals surface area contributed by atoms with Gasteiger partial charge in [-0.05, 0) is 43.9 Å². The second-order valence-electron chi connectivity index (χ2n) is 7.16. The number of hydrogen-bond donors (Lipinski definition) is 0. The molecule has 5 heteroatoms. The molecule has 3 aromatic carbocycles. The van der Waals surface area contributed by atoms with Gasteiger partial charge in [-0.15, -0.1) is 0 Å². The van der Waals surface area contributed by atoms with Crippen molar-refractivity contribution in [3.8, 4) is 17.0 Å². The largest absolute Gasteiger partial charge is 0.475 e. The number of halogens is 1. The Bertz CT molecular complexity index is 1170. The van der Waals surface area contributed by atoms with E-state index in [4.69, 9.17) is 16.3 Å². The summed E-state index contributed by atoms with van der Waals surface area (Å²) in [6.07, 6.45) is 0. The van der Waals surface area contributed by atoms with Gasteiger partial charge in [0.15, 0.2) is 5.75 Å². The van der Waals surface area contributed by atoms with Crippen molar-refractivity contribution in [3.05, 3.63) is 89.4 Å². The van der Waals surface area contributed by atoms with E-state index in [-0.39, 0.29) is 5.91 Å². The summed E-state index contributed by atoms with van der Waals surface area (Å²) < 4.78 is 8.01. The predicted octanol–water partition coefficient (Wildman–Crippen LogP) is 5.94. The van der Waals surface area contributed by atoms with Gasteiger partial charge in [0.2, 0.25) is 0 Å². The maximum absolute atomic E-state index is 13.6. The number of carbonyl (C=O) groups is 1. The summed E-state index contributed by atoms with van der Waals surface area (Å²) >= 11 is 6.32. The molecule has 152 valence electrons. The highest BCUT2D eigenvalue weighted by atomic mass is 35.5. The van der Waals surface area contributed by atoms with Crippen LogP contribution in [0.3, 0.4) is 0 Å². The molecule has 0 aliphatic heterocycles. The van der Waals surface area contributed by atoms with Crippen LogP contribution in [-0.4, -0.2) is 35.7 Å². The number of ether oxygens (including phenoxy) is 1. The Hall–Kier alpha value is -3.08. The van der Waals surface area contributed by atoms with E-state index in [9.17, 15) is 4.79 Å². The Kier molecular flexibility index (Phi) is 5.88. The highest BCUT2D eigenvalue weighted by molar-refractivity contribution is 6.31. The molecule has 0 amide bonds. The molecule has 0 unspecified atom stereocenters. The molecule has 0 spiro atoms. The third kappa shape index (κ3) is 3.84. The van der Waals surface area contributed by atoms with Crippen molar-refractivity contribution in [1.29, 1.82) is 0 Å². The zero-order chi connectivity index (χ0) is 21.1. The first kappa shape index (κ1) is 20.2. The second-order valence-corrected chi connectivity index (χ2v) is 7.59. The molecular formula is C25H23ClN2O2. The first-order chi connectivity index (χ1) is 14.6. The Morgan fingerprint density at radius 1 is 1.00 bits per heavy atom. The van der Waals surface area contributed by atoms with Gasteiger partial charge in [-0.2, -0.15) is 0 Å². The van der Waals surface area contributed by atoms with Crippen molar-refractivity contribution in [2.45, 2.75) is 6.92 Å². The van der Waals surface area contributed by atoms with Gasteiger partial charge < -0.3 is 4.74 Å². The molecule has 30 heavy (non-hydrogen) atoms. The van der Waals surface area contributed by atoms with E-state index in [0.29, 0.717) is 23.1 Å². The van der Waals surface area contributed by atoms with Gasteiger partial charge in [0.1, 0.15) is 6.73 Å². The molecule has 4 aromatic rings. The minimum atomic E-state index is -0.111. The highest BCUT2D eigenvalue weighted by Crippen LogP contribution is 2.41. The lowest BCUT2D eigenvalue weighted by atomic mass is 10.1. The smallest absolute Gasteiger partial charge is 0.262 e. The van der Waals surface area contributed by atoms with Crippen LogP contribution in [0.2, 0.25) is 5.02 Å². The molecule has 0 fully saturated rings. The average molecular weight is 419 g/mol. The summed E-state index contributed by atoms with van der Waals surface area (Å²) in [5, 5.41) is 1.41. The van der Waals surface area contributed by atoms with E-state index in [1.54, 1.807) is 10.6 Å². The molecule has 0 bridgehead atoms. The molecule has 1 heterocycles. The van der Waals surface area contributed by atoms with Gasteiger partial charge >= 0.3 is 0 Å². The maximum Gasteiger partial charge on any atom is 0.262 e. The van der Waals surface area contributed by atoms with Crippen molar-refractivity contribution in [1.82, 2.24) is 9.47 Å². The van der Waals surface area contributed by atoms with Crippen LogP contribution in [0.25, 0.3) is 22.2 Å². The van der Waals surface area contributed by atoms with Crippen LogP contribution in [0.5, 0.6) is 5.75 Å². The monoisotopic (exact) mass is 418 g/mol. The quantitative estimate of drug-likeness (QED) is 0.363. The van der Waals surface area contributed by atoms with E-state index in [2.05, 4.69) is 11.8 Å². The standard InChI is InChI=1S/C25H23ClN2O2/c1-3-27(2)17-30-24-21-16-20(26)14-15-22(21)28(23(24)18-10-6-4-7-11-18)25(29)19-12-8-5-9-13-19/h4-16H,3,17H2,1-2H3. The third-order valence-corrected chi connectivity index (χ3v) is 5.36. The van der Waals surface area contributed by atoms with E-state index < -0.39 is 0 Å². The fourth-order valence-corrected chi connectivity index (χ4v) is 3.60. The number of rotatable bonds is 6. The third-order valence-electron chi connectivity index (χ3n) is 5.12. The maximum atomic E-state index is 13.6. The van der Waals surface area contributed by atoms with Gasteiger partial charge in [0.25, 0.3) is 5.91 Å². The summed E-state index contributed by atoms with van der Waals surface area (Å²) in [6, 6.07) is 24.7. The highest BCUT2D eigenvalue weighted by Gasteiger charge is 2.25. The normalized spacial score (nSPS) is 11.2. The van der Waals surface area contributed by atoms with Crippen LogP contribution in [0.4, 0.5) is 0 Å². The van der Waals surface area contributed by atoms with E-state index in [1.165, 1.54) is 0 Å². The molecule has 0 saturated carbocycles. The minimum absolute atomic E-state index is 0.111. The molecular weight excluding hydrogens is 396 g/mol. The number of nitrogens with zero attached hydrogens (tertiary/aromatic N) is 2. The predicted molar refractivity (Wildman–Crippen MR) is 122 cm³/mol. The molecule has 0 saturated heterocycles. The minimum Gasteiger partial charge on any atom is -0.475 e. The summed E-state index contributed by atoms with van der Waals surface area (Å²) in [7, 11) is 1.99. The van der Waals surface area contributed by atoms with Crippen LogP contribution in [0, 0.1) is 0 Å². The van der Waals surface area contributed by atoms with Crippen molar-refractivity contribution in [3.63, 3.8) is 0 Å². The second kappa shape index (κ2) is 8.74. The van der Waals surface area contributed by atoms with Gasteiger partial charge in [0.05, 0.1) is 11.2 Å². The average Bonchev–Trinajstić information content (AvgIpc) is 3.11. The molecule has 0 radical (unpaired) electrons. The van der Waals surface area contributed by atoms with E-state index in [0.717, 1.165) is 28.7 Å². The first-order valence-corrected chi connectivity index (χ1v) is 10.3. The van der Waals surface area contributed by atoms with Crippen molar-refractivity contribution < 1.29 is 9.53 Å². The number of aromatic nitrogens is 1. The number of carbonyl (C=O) groups excluding carboxylic acids is 1. The van der Waals surface area contributed by atoms with Crippen LogP contribution in [0.1, 0.15) is 17.3 Å². The Morgan fingerprint density at radius 2 is 1.67 bits per heavy atom. The van der Waals surface area contributed by atoms with E-state index in [1.807, 2.05) is 79.8 Å². The van der Waals surface area contributed by atoms with Crippen LogP contribution < -0.4 is 4.74 Å². The fraction of sp³-hybridized carbons (Fsp3) is 0.160. The zero-order valence-electron chi connectivity index (χ0n) is 17.0. The van der Waals surface area contributed by atoms with Crippen molar-refractivity contribution in [2.75, 3.05) is 20.3 Å². The van der Waals surface area contributed by atoms with Crippen molar-refractivity contribution in [2.24, 2.45) is 0 Å². The Balaban J connectivity index is 2.00. The molecule has 4 rings (SSSR count). The lowest BCUT2D eigenvalue weighted by Gasteiger charge is -2.16. The summed E-state index contributed by atoms with van der Waals surface area (Å²) in [6.45, 7) is 3.32. The van der Waals surface area contributed by atoms with Gasteiger partial charge in [-0.3, -0.25) is 14.3 Å². The van der Waals surface area contributed by atoms with Gasteiger partial charge in [-0.25, -0.2) is 0 Å². The molecule has 0 aliphatic carbocycles. The molecule has 1 aromatic heterocycles. The molecule has 4 nitrogen and oxygen atoms in total. The van der Waals surface area contributed by atoms with E-state index >= 15 is 0 Å². The lowest BCUT2D eigenvalue weighted by molar-refractivity contribution is 0.0965. The Labute approximate surface area is 181 Å². The summed E-state index contributed by atoms with van der Waals surface area (Å²) in [4.78, 5) is 15.7. The topological polar surface area (TPSA) is 34.5 Å². The van der Waals surface area contributed by atoms with Crippen LogP contribution >= 0.6 is 11.6 Å². The van der Waals surface area contributed by atoms with Crippen LogP contribution in [-0.2, 0) is 0 Å². The first-order valence-electron chi connectivity index (χ1n) is 9.90. The number of fused-ring (bicyclic) bond motifs is 1. The Morgan fingerprint density at radius 3 is 2.33 bits per heavy atom. The summed E-state index contributed by atoms with van der Waals surface area (Å²) in [5.74, 6) is 0.545.